The second kappa shape index (κ2) is 5.04. The Hall–Kier alpha value is -2.23. The molecule has 20 heavy (non-hydrogen) atoms. The smallest absolute Gasteiger partial charge is 0.196 e. The summed E-state index contributed by atoms with van der Waals surface area (Å²) >= 11 is 0. The first-order valence-corrected chi connectivity index (χ1v) is 6.84. The highest BCUT2D eigenvalue weighted by atomic mass is 16.3. The van der Waals surface area contributed by atoms with Crippen LogP contribution in [0.3, 0.4) is 0 Å². The van der Waals surface area contributed by atoms with Gasteiger partial charge in [-0.3, -0.25) is 0 Å². The van der Waals surface area contributed by atoms with Gasteiger partial charge in [0.05, 0.1) is 12.0 Å². The number of oxazole rings is 1. The largest absolute Gasteiger partial charge is 0.469 e. The quantitative estimate of drug-likeness (QED) is 0.730. The molecule has 3 aromatic rings. The lowest BCUT2D eigenvalue weighted by molar-refractivity contribution is 0.480. The number of nitrogen functional groups attached to an aromatic ring is 1. The molecule has 0 radical (unpaired) electrons. The van der Waals surface area contributed by atoms with Gasteiger partial charge in [-0.1, -0.05) is 13.8 Å². The summed E-state index contributed by atoms with van der Waals surface area (Å²) in [6.45, 7) is 4.27. The zero-order chi connectivity index (χ0) is 14.1. The maximum atomic E-state index is 6.05. The van der Waals surface area contributed by atoms with E-state index in [1.165, 1.54) is 5.56 Å². The predicted octanol–water partition coefficient (Wildman–Crippen LogP) is 3.91. The van der Waals surface area contributed by atoms with Gasteiger partial charge in [-0.2, -0.15) is 0 Å². The fourth-order valence-electron chi connectivity index (χ4n) is 2.25. The first kappa shape index (κ1) is 12.8. The molecule has 0 aliphatic carbocycles. The minimum Gasteiger partial charge on any atom is -0.469 e. The van der Waals surface area contributed by atoms with Crippen LogP contribution >= 0.6 is 0 Å². The number of fused-ring (bicyclic) bond motifs is 1. The normalized spacial score (nSPS) is 11.6. The van der Waals surface area contributed by atoms with E-state index < -0.39 is 0 Å². The molecule has 4 heteroatoms. The van der Waals surface area contributed by atoms with Gasteiger partial charge in [-0.15, -0.1) is 0 Å². The van der Waals surface area contributed by atoms with Crippen molar-refractivity contribution in [2.45, 2.75) is 32.6 Å². The van der Waals surface area contributed by atoms with Crippen molar-refractivity contribution in [2.75, 3.05) is 5.73 Å². The Kier molecular flexibility index (Phi) is 3.22. The maximum Gasteiger partial charge on any atom is 0.196 e. The van der Waals surface area contributed by atoms with Gasteiger partial charge in [0.25, 0.3) is 0 Å². The maximum absolute atomic E-state index is 6.05. The van der Waals surface area contributed by atoms with Crippen LogP contribution in [-0.2, 0) is 12.8 Å². The average Bonchev–Trinajstić information content (AvgIpc) is 3.05. The number of nitrogens with zero attached hydrogens (tertiary/aromatic N) is 1. The number of hydrogen-bond donors (Lipinski definition) is 1. The second-order valence-electron chi connectivity index (χ2n) is 5.30. The van der Waals surface area contributed by atoms with E-state index in [0.29, 0.717) is 29.5 Å². The van der Waals surface area contributed by atoms with E-state index >= 15 is 0 Å². The van der Waals surface area contributed by atoms with E-state index in [1.807, 2.05) is 18.2 Å². The van der Waals surface area contributed by atoms with Crippen molar-refractivity contribution >= 4 is 16.8 Å². The van der Waals surface area contributed by atoms with Crippen LogP contribution < -0.4 is 5.73 Å². The van der Waals surface area contributed by atoms with Gasteiger partial charge in [-0.05, 0) is 35.7 Å². The van der Waals surface area contributed by atoms with Crippen LogP contribution in [0.1, 0.15) is 37.0 Å². The van der Waals surface area contributed by atoms with Crippen molar-refractivity contribution in [3.63, 3.8) is 0 Å². The van der Waals surface area contributed by atoms with Crippen molar-refractivity contribution in [2.24, 2.45) is 0 Å². The zero-order valence-corrected chi connectivity index (χ0v) is 11.7. The van der Waals surface area contributed by atoms with Gasteiger partial charge in [0.15, 0.2) is 11.5 Å². The van der Waals surface area contributed by atoms with Crippen LogP contribution in [0.2, 0.25) is 0 Å². The minimum atomic E-state index is 0.421. The summed E-state index contributed by atoms with van der Waals surface area (Å²) in [6.07, 6.45) is 3.16. The second-order valence-corrected chi connectivity index (χ2v) is 5.30. The van der Waals surface area contributed by atoms with Gasteiger partial charge >= 0.3 is 0 Å². The molecule has 0 aliphatic rings. The number of benzene rings is 1. The molecule has 4 nitrogen and oxygen atoms in total. The number of anilines is 1. The van der Waals surface area contributed by atoms with Gasteiger partial charge in [0, 0.05) is 12.8 Å². The Morgan fingerprint density at radius 2 is 2.10 bits per heavy atom. The van der Waals surface area contributed by atoms with Gasteiger partial charge < -0.3 is 14.6 Å². The number of aromatic nitrogens is 1. The van der Waals surface area contributed by atoms with E-state index in [9.17, 15) is 0 Å². The standard InChI is InChI=1S/C16H18N2O2/c1-10(2)11-8-13(17)16-14(9-11)18-15(20-16)6-5-12-4-3-7-19-12/h3-4,7-10H,5-6,17H2,1-2H3. The molecule has 2 heterocycles. The monoisotopic (exact) mass is 270 g/mol. The lowest BCUT2D eigenvalue weighted by Crippen LogP contribution is -1.92. The highest BCUT2D eigenvalue weighted by Gasteiger charge is 2.12. The Labute approximate surface area is 117 Å². The van der Waals surface area contributed by atoms with Gasteiger partial charge in [-0.25, -0.2) is 4.98 Å². The molecule has 0 atom stereocenters. The molecule has 1 aromatic carbocycles. The van der Waals surface area contributed by atoms with Crippen molar-refractivity contribution in [3.05, 3.63) is 47.7 Å². The Balaban J connectivity index is 1.88. The third kappa shape index (κ3) is 2.41. The van der Waals surface area contributed by atoms with E-state index in [1.54, 1.807) is 6.26 Å². The van der Waals surface area contributed by atoms with Crippen LogP contribution in [0.25, 0.3) is 11.1 Å². The molecule has 0 spiro atoms. The molecule has 0 fully saturated rings. The predicted molar refractivity (Wildman–Crippen MR) is 78.6 cm³/mol. The Morgan fingerprint density at radius 1 is 1.25 bits per heavy atom. The van der Waals surface area contributed by atoms with E-state index in [0.717, 1.165) is 17.7 Å². The van der Waals surface area contributed by atoms with Crippen molar-refractivity contribution < 1.29 is 8.83 Å². The molecule has 0 bridgehead atoms. The van der Waals surface area contributed by atoms with Crippen molar-refractivity contribution in [3.8, 4) is 0 Å². The fraction of sp³-hybridized carbons (Fsp3) is 0.312. The molecule has 0 saturated heterocycles. The molecule has 0 unspecified atom stereocenters. The first-order chi connectivity index (χ1) is 9.63. The number of furan rings is 1. The SMILES string of the molecule is CC(C)c1cc(N)c2oc(CCc3ccco3)nc2c1. The highest BCUT2D eigenvalue weighted by molar-refractivity contribution is 5.85. The molecule has 3 rings (SSSR count). The van der Waals surface area contributed by atoms with Crippen LogP contribution in [0.4, 0.5) is 5.69 Å². The summed E-state index contributed by atoms with van der Waals surface area (Å²) < 4.78 is 11.1. The fourth-order valence-corrected chi connectivity index (χ4v) is 2.25. The molecule has 0 amide bonds. The third-order valence-corrected chi connectivity index (χ3v) is 3.42. The lowest BCUT2D eigenvalue weighted by atomic mass is 10.0. The summed E-state index contributed by atoms with van der Waals surface area (Å²) in [5.41, 5.74) is 9.40. The summed E-state index contributed by atoms with van der Waals surface area (Å²) in [5, 5.41) is 0. The van der Waals surface area contributed by atoms with Crippen LogP contribution in [0.5, 0.6) is 0 Å². The molecular weight excluding hydrogens is 252 g/mol. The number of aryl methyl sites for hydroxylation is 2. The molecule has 2 aromatic heterocycles. The summed E-state index contributed by atoms with van der Waals surface area (Å²) in [5.74, 6) is 2.05. The van der Waals surface area contributed by atoms with Crippen molar-refractivity contribution in [1.82, 2.24) is 4.98 Å². The minimum absolute atomic E-state index is 0.421. The highest BCUT2D eigenvalue weighted by Crippen LogP contribution is 2.28. The number of hydrogen-bond acceptors (Lipinski definition) is 4. The summed E-state index contributed by atoms with van der Waals surface area (Å²) in [4.78, 5) is 4.53. The number of rotatable bonds is 4. The molecular formula is C16H18N2O2. The van der Waals surface area contributed by atoms with E-state index in [2.05, 4.69) is 24.9 Å². The topological polar surface area (TPSA) is 65.2 Å². The molecule has 2 N–H and O–H groups in total. The van der Waals surface area contributed by atoms with Crippen LogP contribution in [-0.4, -0.2) is 4.98 Å². The third-order valence-electron chi connectivity index (χ3n) is 3.42. The summed E-state index contributed by atoms with van der Waals surface area (Å²) in [6, 6.07) is 7.85. The first-order valence-electron chi connectivity index (χ1n) is 6.84. The van der Waals surface area contributed by atoms with Crippen LogP contribution in [0, 0.1) is 0 Å². The summed E-state index contributed by atoms with van der Waals surface area (Å²) in [7, 11) is 0. The van der Waals surface area contributed by atoms with Crippen LogP contribution in [0.15, 0.2) is 39.4 Å². The van der Waals surface area contributed by atoms with Gasteiger partial charge in [0.1, 0.15) is 11.3 Å². The Morgan fingerprint density at radius 3 is 2.80 bits per heavy atom. The number of nitrogens with two attached hydrogens (primary N) is 1. The zero-order valence-electron chi connectivity index (χ0n) is 11.7. The lowest BCUT2D eigenvalue weighted by Gasteiger charge is -2.05. The van der Waals surface area contributed by atoms with E-state index in [-0.39, 0.29) is 0 Å². The van der Waals surface area contributed by atoms with Gasteiger partial charge in [0.2, 0.25) is 0 Å². The molecule has 0 saturated carbocycles. The molecule has 104 valence electrons. The molecule has 0 aliphatic heterocycles. The Bertz CT molecular complexity index is 711. The average molecular weight is 270 g/mol. The van der Waals surface area contributed by atoms with Crippen molar-refractivity contribution in [1.29, 1.82) is 0 Å². The van der Waals surface area contributed by atoms with E-state index in [4.69, 9.17) is 14.6 Å².